The molecule has 0 bridgehead atoms. The van der Waals surface area contributed by atoms with Gasteiger partial charge in [0, 0.05) is 0 Å². The summed E-state index contributed by atoms with van der Waals surface area (Å²) < 4.78 is 39.7. The minimum atomic E-state index is -0.851. The topological polar surface area (TPSA) is 75.6 Å². The summed E-state index contributed by atoms with van der Waals surface area (Å²) in [4.78, 5) is 0. The molecule has 1 heterocycles. The second-order valence-corrected chi connectivity index (χ2v) is 11.7. The van der Waals surface area contributed by atoms with Crippen LogP contribution in [-0.2, 0) is 56.7 Å². The molecule has 7 nitrogen and oxygen atoms in total. The van der Waals surface area contributed by atoms with Crippen LogP contribution in [-0.4, -0.2) is 42.4 Å². The molecule has 5 aromatic rings. The molecular weight excluding hydrogens is 604 g/mol. The highest BCUT2D eigenvalue weighted by molar-refractivity contribution is 5.27. The Kier molecular flexibility index (Phi) is 12.4. The van der Waals surface area contributed by atoms with Gasteiger partial charge in [-0.15, -0.1) is 0 Å². The minimum absolute atomic E-state index is 0.0559. The van der Waals surface area contributed by atoms with E-state index in [1.165, 1.54) is 0 Å². The van der Waals surface area contributed by atoms with Crippen LogP contribution in [0.1, 0.15) is 27.8 Å². The number of rotatable bonds is 16. The van der Waals surface area contributed by atoms with Gasteiger partial charge in [0.05, 0.1) is 39.6 Å². The van der Waals surface area contributed by atoms with Crippen molar-refractivity contribution >= 4 is 0 Å². The van der Waals surface area contributed by atoms with Crippen molar-refractivity contribution in [1.82, 2.24) is 0 Å². The average Bonchev–Trinajstić information content (AvgIpc) is 3.15. The fraction of sp³-hybridized carbons (Fsp3) is 0.268. The van der Waals surface area contributed by atoms with Gasteiger partial charge in [-0.2, -0.15) is 0 Å². The summed E-state index contributed by atoms with van der Waals surface area (Å²) in [6.45, 7) is 1.63. The van der Waals surface area contributed by atoms with Gasteiger partial charge in [-0.05, 0) is 39.9 Å². The maximum absolute atomic E-state index is 9.59. The molecule has 2 unspecified atom stereocenters. The van der Waals surface area contributed by atoms with Gasteiger partial charge in [0.2, 0.25) is 6.29 Å². The molecule has 5 aromatic carbocycles. The van der Waals surface area contributed by atoms with Gasteiger partial charge in [0.25, 0.3) is 0 Å². The van der Waals surface area contributed by atoms with Gasteiger partial charge in [-0.1, -0.05) is 133 Å². The van der Waals surface area contributed by atoms with Crippen molar-refractivity contribution in [3.63, 3.8) is 0 Å². The first-order chi connectivity index (χ1) is 23.7. The van der Waals surface area contributed by atoms with Crippen LogP contribution in [0.15, 0.2) is 146 Å². The first-order valence-electron chi connectivity index (χ1n) is 16.4. The van der Waals surface area contributed by atoms with Crippen molar-refractivity contribution in [2.45, 2.75) is 63.7 Å². The number of ether oxygens (including phenoxy) is 6. The summed E-state index contributed by atoms with van der Waals surface area (Å²) in [5.74, 6) is 0.583. The van der Waals surface area contributed by atoms with E-state index in [9.17, 15) is 5.11 Å². The van der Waals surface area contributed by atoms with Crippen LogP contribution in [0.4, 0.5) is 0 Å². The van der Waals surface area contributed by atoms with E-state index in [2.05, 4.69) is 0 Å². The largest absolute Gasteiger partial charge is 0.462 e. The average molecular weight is 647 g/mol. The van der Waals surface area contributed by atoms with Crippen LogP contribution in [0, 0.1) is 0 Å². The molecule has 1 N–H and O–H groups in total. The molecule has 1 fully saturated rings. The summed E-state index contributed by atoms with van der Waals surface area (Å²) in [5.41, 5.74) is 4.93. The normalized spacial score (nSPS) is 20.7. The predicted molar refractivity (Wildman–Crippen MR) is 183 cm³/mol. The quantitative estimate of drug-likeness (QED) is 0.121. The van der Waals surface area contributed by atoms with Crippen LogP contribution < -0.4 is 4.74 Å². The molecule has 0 spiro atoms. The van der Waals surface area contributed by atoms with Crippen molar-refractivity contribution in [2.24, 2.45) is 0 Å². The number of aliphatic hydroxyl groups excluding tert-OH is 1. The molecule has 1 saturated heterocycles. The smallest absolute Gasteiger partial charge is 0.229 e. The van der Waals surface area contributed by atoms with Gasteiger partial charge in [-0.3, -0.25) is 0 Å². The molecule has 1 aliphatic heterocycles. The van der Waals surface area contributed by atoms with Crippen molar-refractivity contribution < 1.29 is 33.5 Å². The van der Waals surface area contributed by atoms with E-state index in [0.717, 1.165) is 27.8 Å². The highest BCUT2D eigenvalue weighted by Crippen LogP contribution is 2.32. The lowest BCUT2D eigenvalue weighted by Gasteiger charge is -2.45. The van der Waals surface area contributed by atoms with E-state index >= 15 is 0 Å². The molecule has 48 heavy (non-hydrogen) atoms. The van der Waals surface area contributed by atoms with Gasteiger partial charge < -0.3 is 33.5 Å². The lowest BCUT2D eigenvalue weighted by Crippen LogP contribution is -2.62. The Hall–Kier alpha value is -4.34. The minimum Gasteiger partial charge on any atom is -0.462 e. The van der Waals surface area contributed by atoms with E-state index in [1.54, 1.807) is 0 Å². The fourth-order valence-electron chi connectivity index (χ4n) is 5.65. The van der Waals surface area contributed by atoms with Crippen molar-refractivity contribution in [2.75, 3.05) is 6.61 Å². The molecule has 0 aromatic heterocycles. The molecule has 5 atom stereocenters. The van der Waals surface area contributed by atoms with Crippen molar-refractivity contribution in [3.05, 3.63) is 173 Å². The maximum atomic E-state index is 9.59. The molecule has 0 radical (unpaired) electrons. The summed E-state index contributed by atoms with van der Waals surface area (Å²) in [5, 5.41) is 9.59. The summed E-state index contributed by atoms with van der Waals surface area (Å²) in [6, 6.07) is 47.5. The third kappa shape index (κ3) is 9.61. The van der Waals surface area contributed by atoms with Crippen molar-refractivity contribution in [1.29, 1.82) is 0 Å². The monoisotopic (exact) mass is 646 g/mol. The van der Waals surface area contributed by atoms with Crippen LogP contribution in [0.2, 0.25) is 0 Å². The van der Waals surface area contributed by atoms with Gasteiger partial charge >= 0.3 is 0 Å². The summed E-state index contributed by atoms with van der Waals surface area (Å²) in [6.07, 6.45) is -3.20. The lowest BCUT2D eigenvalue weighted by atomic mass is 9.97. The van der Waals surface area contributed by atoms with E-state index < -0.39 is 30.7 Å². The molecule has 6 rings (SSSR count). The zero-order chi connectivity index (χ0) is 32.8. The molecule has 248 valence electrons. The van der Waals surface area contributed by atoms with Crippen LogP contribution in [0.5, 0.6) is 5.75 Å². The Labute approximate surface area is 282 Å². The first-order valence-corrected chi connectivity index (χ1v) is 16.4. The predicted octanol–water partition coefficient (Wildman–Crippen LogP) is 7.26. The zero-order valence-electron chi connectivity index (χ0n) is 26.9. The maximum Gasteiger partial charge on any atom is 0.229 e. The zero-order valence-corrected chi connectivity index (χ0v) is 26.9. The second-order valence-electron chi connectivity index (χ2n) is 11.7. The molecular formula is C41H42O7. The number of benzene rings is 5. The van der Waals surface area contributed by atoms with E-state index in [0.29, 0.717) is 32.2 Å². The highest BCUT2D eigenvalue weighted by Gasteiger charge is 2.49. The fourth-order valence-corrected chi connectivity index (χ4v) is 5.65. The standard InChI is InChI=1S/C41H42O7/c42-25-31-21-23-36(24-22-31)47-41-40(46-29-35-19-11-4-12-20-35)39(45-28-34-17-9-3-10-18-34)38(44-27-33-15-7-2-8-16-33)37(48-41)30-43-26-32-13-5-1-6-14-32/h1-24,37-42H,25-30H2/t37?,38-,39?,40+,41+/m0/s1. The number of hydrogen-bond donors (Lipinski definition) is 1. The number of aliphatic hydroxyl groups is 1. The lowest BCUT2D eigenvalue weighted by molar-refractivity contribution is -0.310. The summed E-state index contributed by atoms with van der Waals surface area (Å²) >= 11 is 0. The van der Waals surface area contributed by atoms with E-state index in [-0.39, 0.29) is 13.2 Å². The molecule has 7 heteroatoms. The molecule has 0 saturated carbocycles. The van der Waals surface area contributed by atoms with Gasteiger partial charge in [-0.25, -0.2) is 0 Å². The third-order valence-corrected chi connectivity index (χ3v) is 8.20. The van der Waals surface area contributed by atoms with Crippen LogP contribution >= 0.6 is 0 Å². The van der Waals surface area contributed by atoms with Gasteiger partial charge in [0.1, 0.15) is 30.2 Å². The Morgan fingerprint density at radius 1 is 0.458 bits per heavy atom. The number of hydrogen-bond acceptors (Lipinski definition) is 7. The second kappa shape index (κ2) is 17.7. The first kappa shape index (κ1) is 33.6. The third-order valence-electron chi connectivity index (χ3n) is 8.20. The Morgan fingerprint density at radius 3 is 1.38 bits per heavy atom. The van der Waals surface area contributed by atoms with E-state index in [4.69, 9.17) is 28.4 Å². The van der Waals surface area contributed by atoms with Crippen molar-refractivity contribution in [3.8, 4) is 5.75 Å². The Morgan fingerprint density at radius 2 is 0.896 bits per heavy atom. The van der Waals surface area contributed by atoms with E-state index in [1.807, 2.05) is 146 Å². The SMILES string of the molecule is OCc1ccc(O[C@@H]2OC(COCc3ccccc3)[C@H](OCc3ccccc3)C(OCc3ccccc3)[C@H]2OCc2ccccc2)cc1. The highest BCUT2D eigenvalue weighted by atomic mass is 16.7. The molecule has 0 aliphatic carbocycles. The molecule has 0 amide bonds. The summed E-state index contributed by atoms with van der Waals surface area (Å²) in [7, 11) is 0. The Balaban J connectivity index is 1.32. The Bertz CT molecular complexity index is 1600. The molecule has 1 aliphatic rings. The van der Waals surface area contributed by atoms with Gasteiger partial charge in [0.15, 0.2) is 0 Å². The van der Waals surface area contributed by atoms with Crippen LogP contribution in [0.3, 0.4) is 0 Å². The van der Waals surface area contributed by atoms with Crippen LogP contribution in [0.25, 0.3) is 0 Å².